The first kappa shape index (κ1) is 9.75. The van der Waals surface area contributed by atoms with E-state index in [0.717, 1.165) is 6.42 Å². The Morgan fingerprint density at radius 1 is 1.58 bits per heavy atom. The fraction of sp³-hybridized carbons (Fsp3) is 0.800. The van der Waals surface area contributed by atoms with Crippen molar-refractivity contribution in [2.75, 3.05) is 6.61 Å². The highest BCUT2D eigenvalue weighted by molar-refractivity contribution is 5.14. The van der Waals surface area contributed by atoms with Gasteiger partial charge >= 0.3 is 0 Å². The van der Waals surface area contributed by atoms with Crippen LogP contribution in [0.1, 0.15) is 27.2 Å². The lowest BCUT2D eigenvalue weighted by molar-refractivity contribution is -0.00709. The Morgan fingerprint density at radius 2 is 2.17 bits per heavy atom. The molecule has 0 aromatic rings. The van der Waals surface area contributed by atoms with Crippen molar-refractivity contribution in [3.63, 3.8) is 0 Å². The second kappa shape index (κ2) is 3.19. The van der Waals surface area contributed by atoms with Crippen molar-refractivity contribution in [3.05, 3.63) is 11.6 Å². The van der Waals surface area contributed by atoms with Crippen LogP contribution in [0.4, 0.5) is 0 Å². The molecule has 2 atom stereocenters. The molecule has 0 unspecified atom stereocenters. The van der Waals surface area contributed by atoms with Crippen molar-refractivity contribution in [2.45, 2.75) is 33.3 Å². The van der Waals surface area contributed by atoms with E-state index in [0.29, 0.717) is 0 Å². The molecule has 1 aliphatic rings. The molecule has 0 saturated carbocycles. The van der Waals surface area contributed by atoms with Crippen molar-refractivity contribution in [1.82, 2.24) is 0 Å². The Morgan fingerprint density at radius 3 is 2.58 bits per heavy atom. The molecule has 0 bridgehead atoms. The largest absolute Gasteiger partial charge is 0.396 e. The minimum Gasteiger partial charge on any atom is -0.396 e. The molecule has 0 fully saturated rings. The Hall–Kier alpha value is -0.340. The maximum absolute atomic E-state index is 9.70. The number of rotatable bonds is 1. The molecule has 1 aliphatic carbocycles. The van der Waals surface area contributed by atoms with Crippen molar-refractivity contribution < 1.29 is 10.2 Å². The zero-order valence-electron chi connectivity index (χ0n) is 8.04. The molecular formula is C10H18O2. The maximum Gasteiger partial charge on any atom is 0.0632 e. The first-order chi connectivity index (χ1) is 5.50. The summed E-state index contributed by atoms with van der Waals surface area (Å²) in [5.41, 5.74) is 1.01. The van der Waals surface area contributed by atoms with Crippen LogP contribution in [-0.2, 0) is 0 Å². The van der Waals surface area contributed by atoms with E-state index in [1.807, 2.05) is 26.8 Å². The van der Waals surface area contributed by atoms with Crippen molar-refractivity contribution in [1.29, 1.82) is 0 Å². The fourth-order valence-electron chi connectivity index (χ4n) is 1.94. The zero-order valence-corrected chi connectivity index (χ0v) is 8.04. The molecule has 2 N–H and O–H groups in total. The van der Waals surface area contributed by atoms with E-state index in [9.17, 15) is 5.11 Å². The Kier molecular flexibility index (Phi) is 2.59. The molecule has 0 spiro atoms. The lowest BCUT2D eigenvalue weighted by Gasteiger charge is -2.41. The average molecular weight is 170 g/mol. The summed E-state index contributed by atoms with van der Waals surface area (Å²) >= 11 is 0. The second-order valence-corrected chi connectivity index (χ2v) is 4.26. The first-order valence-electron chi connectivity index (χ1n) is 4.45. The van der Waals surface area contributed by atoms with Crippen LogP contribution in [0.3, 0.4) is 0 Å². The summed E-state index contributed by atoms with van der Waals surface area (Å²) in [7, 11) is 0. The van der Waals surface area contributed by atoms with Gasteiger partial charge < -0.3 is 10.2 Å². The molecule has 1 rings (SSSR count). The Balaban J connectivity index is 2.91. The molecule has 0 radical (unpaired) electrons. The zero-order chi connectivity index (χ0) is 9.35. The van der Waals surface area contributed by atoms with Crippen LogP contribution in [0.15, 0.2) is 11.6 Å². The van der Waals surface area contributed by atoms with Crippen LogP contribution < -0.4 is 0 Å². The van der Waals surface area contributed by atoms with Gasteiger partial charge in [-0.3, -0.25) is 0 Å². The fourth-order valence-corrected chi connectivity index (χ4v) is 1.94. The Bertz CT molecular complexity index is 194. The summed E-state index contributed by atoms with van der Waals surface area (Å²) in [5.74, 6) is 0.112. The normalized spacial score (nSPS) is 34.6. The molecule has 0 aliphatic heterocycles. The minimum atomic E-state index is -0.321. The van der Waals surface area contributed by atoms with E-state index in [-0.39, 0.29) is 24.0 Å². The summed E-state index contributed by atoms with van der Waals surface area (Å²) in [6.45, 7) is 6.17. The number of hydrogen-bond donors (Lipinski definition) is 2. The summed E-state index contributed by atoms with van der Waals surface area (Å²) < 4.78 is 0. The van der Waals surface area contributed by atoms with Gasteiger partial charge in [0.2, 0.25) is 0 Å². The molecule has 12 heavy (non-hydrogen) atoms. The third kappa shape index (κ3) is 1.41. The Labute approximate surface area is 73.9 Å². The van der Waals surface area contributed by atoms with Crippen LogP contribution in [-0.4, -0.2) is 22.9 Å². The van der Waals surface area contributed by atoms with Gasteiger partial charge in [-0.2, -0.15) is 0 Å². The average Bonchev–Trinajstić information content (AvgIpc) is 1.98. The van der Waals surface area contributed by atoms with Gasteiger partial charge in [-0.15, -0.1) is 0 Å². The quantitative estimate of drug-likeness (QED) is 0.583. The maximum atomic E-state index is 9.70. The minimum absolute atomic E-state index is 0.112. The van der Waals surface area contributed by atoms with Gasteiger partial charge in [0.1, 0.15) is 0 Å². The van der Waals surface area contributed by atoms with E-state index in [1.165, 1.54) is 5.57 Å². The van der Waals surface area contributed by atoms with Crippen molar-refractivity contribution >= 4 is 0 Å². The first-order valence-corrected chi connectivity index (χ1v) is 4.45. The molecule has 0 saturated heterocycles. The van der Waals surface area contributed by atoms with Crippen LogP contribution in [0.25, 0.3) is 0 Å². The predicted octanol–water partition coefficient (Wildman–Crippen LogP) is 1.33. The van der Waals surface area contributed by atoms with E-state index in [2.05, 4.69) is 0 Å². The monoisotopic (exact) mass is 170 g/mol. The molecule has 0 heterocycles. The number of aliphatic hydroxyl groups excluding tert-OH is 2. The highest BCUT2D eigenvalue weighted by Crippen LogP contribution is 2.40. The van der Waals surface area contributed by atoms with Crippen LogP contribution >= 0.6 is 0 Å². The highest BCUT2D eigenvalue weighted by atomic mass is 16.3. The van der Waals surface area contributed by atoms with E-state index < -0.39 is 0 Å². The molecule has 2 nitrogen and oxygen atoms in total. The lowest BCUT2D eigenvalue weighted by atomic mass is 9.67. The van der Waals surface area contributed by atoms with Gasteiger partial charge in [0, 0.05) is 5.92 Å². The standard InChI is InChI=1S/C10H18O2/c1-7-4-5-9(12)10(2,3)8(7)6-11/h4,8-9,11-12H,5-6H2,1-3H3/t8-,9+/m1/s1. The second-order valence-electron chi connectivity index (χ2n) is 4.26. The van der Waals surface area contributed by atoms with Gasteiger partial charge in [0.15, 0.2) is 0 Å². The molecule has 0 aromatic heterocycles. The summed E-state index contributed by atoms with van der Waals surface area (Å²) in [4.78, 5) is 0. The SMILES string of the molecule is CC1=CC[C@H](O)C(C)(C)[C@@H]1CO. The third-order valence-corrected chi connectivity index (χ3v) is 3.15. The van der Waals surface area contributed by atoms with Gasteiger partial charge in [-0.05, 0) is 18.8 Å². The molecular weight excluding hydrogens is 152 g/mol. The van der Waals surface area contributed by atoms with Crippen LogP contribution in [0, 0.1) is 11.3 Å². The summed E-state index contributed by atoms with van der Waals surface area (Å²) in [6, 6.07) is 0. The predicted molar refractivity (Wildman–Crippen MR) is 48.7 cm³/mol. The molecule has 2 heteroatoms. The van der Waals surface area contributed by atoms with Gasteiger partial charge in [0.25, 0.3) is 0 Å². The van der Waals surface area contributed by atoms with Crippen molar-refractivity contribution in [2.24, 2.45) is 11.3 Å². The lowest BCUT2D eigenvalue weighted by Crippen LogP contribution is -2.41. The molecule has 0 aromatic carbocycles. The number of aliphatic hydroxyl groups is 2. The van der Waals surface area contributed by atoms with E-state index >= 15 is 0 Å². The third-order valence-electron chi connectivity index (χ3n) is 3.15. The van der Waals surface area contributed by atoms with E-state index in [4.69, 9.17) is 5.11 Å². The van der Waals surface area contributed by atoms with Gasteiger partial charge in [0.05, 0.1) is 12.7 Å². The summed E-state index contributed by atoms with van der Waals surface area (Å²) in [6.07, 6.45) is 2.42. The number of hydrogen-bond acceptors (Lipinski definition) is 2. The van der Waals surface area contributed by atoms with Gasteiger partial charge in [-0.25, -0.2) is 0 Å². The van der Waals surface area contributed by atoms with Gasteiger partial charge in [-0.1, -0.05) is 25.5 Å². The smallest absolute Gasteiger partial charge is 0.0632 e. The topological polar surface area (TPSA) is 40.5 Å². The molecule has 0 amide bonds. The summed E-state index contributed by atoms with van der Waals surface area (Å²) in [5, 5.41) is 18.9. The van der Waals surface area contributed by atoms with Crippen molar-refractivity contribution in [3.8, 4) is 0 Å². The van der Waals surface area contributed by atoms with E-state index in [1.54, 1.807) is 0 Å². The van der Waals surface area contributed by atoms with Crippen LogP contribution in [0.5, 0.6) is 0 Å². The molecule has 70 valence electrons. The highest BCUT2D eigenvalue weighted by Gasteiger charge is 2.38. The van der Waals surface area contributed by atoms with Crippen LogP contribution in [0.2, 0.25) is 0 Å².